The molecule has 3 aromatic carbocycles. The lowest BCUT2D eigenvalue weighted by Gasteiger charge is -2.28. The monoisotopic (exact) mass is 794 g/mol. The highest BCUT2D eigenvalue weighted by atomic mass is 16.5. The molecule has 0 saturated carbocycles. The van der Waals surface area contributed by atoms with Crippen LogP contribution < -0.4 is 10.6 Å². The highest BCUT2D eigenvalue weighted by Crippen LogP contribution is 2.36. The van der Waals surface area contributed by atoms with E-state index in [1.54, 1.807) is 58.6 Å². The third-order valence-electron chi connectivity index (χ3n) is 10.8. The van der Waals surface area contributed by atoms with Gasteiger partial charge in [0.2, 0.25) is 0 Å². The molecule has 4 amide bonds. The molecule has 6 aromatic rings. The molecule has 0 spiro atoms. The number of imidazole rings is 2. The number of methoxy groups -OCH3 is 1. The molecule has 300 valence electrons. The maximum Gasteiger partial charge on any atom is 0.407 e. The van der Waals surface area contributed by atoms with Gasteiger partial charge < -0.3 is 40.2 Å². The van der Waals surface area contributed by atoms with Gasteiger partial charge in [0.05, 0.1) is 48.7 Å². The molecule has 2 fully saturated rings. The van der Waals surface area contributed by atoms with Crippen molar-refractivity contribution in [1.82, 2.24) is 50.6 Å². The van der Waals surface area contributed by atoms with Crippen LogP contribution in [0.5, 0.6) is 0 Å². The summed E-state index contributed by atoms with van der Waals surface area (Å²) < 4.78 is 4.81. The van der Waals surface area contributed by atoms with E-state index in [0.29, 0.717) is 59.4 Å². The molecule has 4 atom stereocenters. The second-order valence-corrected chi connectivity index (χ2v) is 14.4. The van der Waals surface area contributed by atoms with Crippen molar-refractivity contribution in [3.8, 4) is 33.9 Å². The molecule has 16 nitrogen and oxygen atoms in total. The standard InChI is InChI=1S/C43H42N10O6/c1-59-43(58)49-37(29-12-6-3-7-13-29)41(55)53-23-8-14-34(53)38-44-24-32(46-38)27-18-16-26(17-19-27)30-20-21-31(51-50-30)33-25-45-39(47-33)35-15-9-22-52(35)40(54)36(48-42(56)57)28-10-4-2-5-11-28/h2-7,10-13,16-21,24-25,34-37,48H,8-9,14-15,22-23H2,1H3,(H,44,46)(H,45,47)(H,49,58)(H,56,57)/t34-,35-,36+,37+/m0/s1. The average Bonchev–Trinajstić information content (AvgIpc) is 4.12. The number of carbonyl (C=O) groups is 4. The van der Waals surface area contributed by atoms with E-state index in [9.17, 15) is 24.3 Å². The van der Waals surface area contributed by atoms with Crippen molar-refractivity contribution < 1.29 is 29.0 Å². The second-order valence-electron chi connectivity index (χ2n) is 14.4. The lowest BCUT2D eigenvalue weighted by atomic mass is 10.0. The number of nitrogens with one attached hydrogen (secondary N) is 4. The zero-order valence-corrected chi connectivity index (χ0v) is 32.1. The van der Waals surface area contributed by atoms with Gasteiger partial charge in [-0.15, -0.1) is 10.2 Å². The minimum atomic E-state index is -1.28. The summed E-state index contributed by atoms with van der Waals surface area (Å²) in [7, 11) is 1.27. The molecule has 16 heteroatoms. The molecule has 2 aliphatic rings. The number of aromatic amines is 2. The fourth-order valence-electron chi connectivity index (χ4n) is 7.87. The summed E-state index contributed by atoms with van der Waals surface area (Å²) in [4.78, 5) is 70.8. The van der Waals surface area contributed by atoms with Crippen LogP contribution in [-0.2, 0) is 14.3 Å². The Bertz CT molecular complexity index is 2420. The Morgan fingerprint density at radius 3 is 1.68 bits per heavy atom. The summed E-state index contributed by atoms with van der Waals surface area (Å²) in [6, 6.07) is 26.9. The molecular formula is C43H42N10O6. The molecule has 8 rings (SSSR count). The number of benzene rings is 3. The molecule has 3 aromatic heterocycles. The van der Waals surface area contributed by atoms with E-state index in [1.165, 1.54) is 7.11 Å². The first-order valence-electron chi connectivity index (χ1n) is 19.4. The largest absolute Gasteiger partial charge is 0.465 e. The van der Waals surface area contributed by atoms with Crippen molar-refractivity contribution in [2.45, 2.75) is 49.9 Å². The molecule has 0 unspecified atom stereocenters. The quantitative estimate of drug-likeness (QED) is 0.0980. The van der Waals surface area contributed by atoms with Crippen LogP contribution in [0.3, 0.4) is 0 Å². The van der Waals surface area contributed by atoms with Crippen molar-refractivity contribution >= 4 is 24.0 Å². The van der Waals surface area contributed by atoms with Gasteiger partial charge in [-0.05, 0) is 54.5 Å². The molecule has 0 aliphatic carbocycles. The maximum absolute atomic E-state index is 13.9. The number of rotatable bonds is 11. The number of amides is 4. The van der Waals surface area contributed by atoms with Crippen molar-refractivity contribution in [3.05, 3.63) is 132 Å². The smallest absolute Gasteiger partial charge is 0.407 e. The number of carboxylic acid groups (broad SMARTS) is 1. The number of likely N-dealkylation sites (tertiary alicyclic amines) is 2. The van der Waals surface area contributed by atoms with E-state index in [0.717, 1.165) is 36.1 Å². The van der Waals surface area contributed by atoms with Gasteiger partial charge in [-0.1, -0.05) is 84.9 Å². The van der Waals surface area contributed by atoms with E-state index in [-0.39, 0.29) is 23.9 Å². The number of carbonyl (C=O) groups excluding carboxylic acids is 3. The van der Waals surface area contributed by atoms with Crippen molar-refractivity contribution in [1.29, 1.82) is 0 Å². The Labute approximate surface area is 339 Å². The first-order chi connectivity index (χ1) is 28.8. The highest BCUT2D eigenvalue weighted by Gasteiger charge is 2.38. The van der Waals surface area contributed by atoms with Crippen LogP contribution in [0.15, 0.2) is 109 Å². The Morgan fingerprint density at radius 2 is 1.15 bits per heavy atom. The normalized spacial score (nSPS) is 17.3. The summed E-state index contributed by atoms with van der Waals surface area (Å²) >= 11 is 0. The molecule has 0 bridgehead atoms. The molecular weight excluding hydrogens is 753 g/mol. The van der Waals surface area contributed by atoms with Gasteiger partial charge in [-0.3, -0.25) is 9.59 Å². The minimum Gasteiger partial charge on any atom is -0.465 e. The molecule has 2 saturated heterocycles. The van der Waals surface area contributed by atoms with Crippen molar-refractivity contribution in [2.75, 3.05) is 20.2 Å². The van der Waals surface area contributed by atoms with Gasteiger partial charge in [-0.2, -0.15) is 0 Å². The fourth-order valence-corrected chi connectivity index (χ4v) is 7.87. The minimum absolute atomic E-state index is 0.233. The number of nitrogens with zero attached hydrogens (tertiary/aromatic N) is 6. The second kappa shape index (κ2) is 17.0. The number of hydrogen-bond acceptors (Lipinski definition) is 9. The molecule has 0 radical (unpaired) electrons. The van der Waals surface area contributed by atoms with E-state index < -0.39 is 24.3 Å². The summed E-state index contributed by atoms with van der Waals surface area (Å²) in [6.07, 6.45) is 4.42. The summed E-state index contributed by atoms with van der Waals surface area (Å²) in [6.45, 7) is 1.01. The van der Waals surface area contributed by atoms with Crippen LogP contribution in [0.1, 0.15) is 72.6 Å². The van der Waals surface area contributed by atoms with Gasteiger partial charge in [0.1, 0.15) is 29.4 Å². The summed E-state index contributed by atoms with van der Waals surface area (Å²) in [5.74, 6) is 0.694. The van der Waals surface area contributed by atoms with Crippen LogP contribution >= 0.6 is 0 Å². The van der Waals surface area contributed by atoms with Gasteiger partial charge in [-0.25, -0.2) is 19.6 Å². The number of aromatic nitrogens is 6. The van der Waals surface area contributed by atoms with Gasteiger partial charge in [0.15, 0.2) is 0 Å². The highest BCUT2D eigenvalue weighted by molar-refractivity contribution is 5.88. The zero-order valence-electron chi connectivity index (χ0n) is 32.1. The molecule has 59 heavy (non-hydrogen) atoms. The van der Waals surface area contributed by atoms with Crippen molar-refractivity contribution in [2.24, 2.45) is 0 Å². The Hall–Kier alpha value is -7.36. The van der Waals surface area contributed by atoms with Crippen LogP contribution in [-0.4, -0.2) is 89.2 Å². The molecule has 5 N–H and O–H groups in total. The maximum atomic E-state index is 13.9. The number of hydrogen-bond donors (Lipinski definition) is 5. The first-order valence-corrected chi connectivity index (χ1v) is 19.4. The van der Waals surface area contributed by atoms with E-state index in [4.69, 9.17) is 4.74 Å². The van der Waals surface area contributed by atoms with Crippen LogP contribution in [0.4, 0.5) is 9.59 Å². The van der Waals surface area contributed by atoms with Gasteiger partial charge in [0, 0.05) is 18.7 Å². The average molecular weight is 795 g/mol. The molecule has 5 heterocycles. The summed E-state index contributed by atoms with van der Waals surface area (Å²) in [5, 5.41) is 23.5. The zero-order chi connectivity index (χ0) is 40.9. The first kappa shape index (κ1) is 38.5. The Morgan fingerprint density at radius 1 is 0.661 bits per heavy atom. The third-order valence-corrected chi connectivity index (χ3v) is 10.8. The summed E-state index contributed by atoms with van der Waals surface area (Å²) in [5.41, 5.74) is 5.68. The third kappa shape index (κ3) is 8.23. The van der Waals surface area contributed by atoms with Crippen LogP contribution in [0, 0.1) is 0 Å². The van der Waals surface area contributed by atoms with Gasteiger partial charge >= 0.3 is 12.2 Å². The Balaban J connectivity index is 0.928. The number of ether oxygens (including phenoxy) is 1. The van der Waals surface area contributed by atoms with Crippen molar-refractivity contribution in [3.63, 3.8) is 0 Å². The van der Waals surface area contributed by atoms with Crippen LogP contribution in [0.25, 0.3) is 33.9 Å². The predicted molar refractivity (Wildman–Crippen MR) is 215 cm³/mol. The van der Waals surface area contributed by atoms with Gasteiger partial charge in [0.25, 0.3) is 11.8 Å². The van der Waals surface area contributed by atoms with E-state index in [1.807, 2.05) is 60.7 Å². The SMILES string of the molecule is COC(=O)N[C@@H](C(=O)N1CCC[C@H]1c1ncc(-c2ccc(-c3ccc(-c4cnc([C@@H]5CCCN5C(=O)[C@H](NC(=O)O)c5ccccc5)[nH]4)nn3)cc2)[nH]1)c1ccccc1. The number of alkyl carbamates (subject to hydrolysis) is 1. The van der Waals surface area contributed by atoms with E-state index in [2.05, 4.69) is 40.8 Å². The lowest BCUT2D eigenvalue weighted by molar-refractivity contribution is -0.135. The topological polar surface area (TPSA) is 211 Å². The lowest BCUT2D eigenvalue weighted by Crippen LogP contribution is -2.42. The van der Waals surface area contributed by atoms with E-state index >= 15 is 0 Å². The Kier molecular flexibility index (Phi) is 11.1. The number of H-pyrrole nitrogens is 2. The van der Waals surface area contributed by atoms with Crippen LogP contribution in [0.2, 0.25) is 0 Å². The molecule has 2 aliphatic heterocycles. The fraction of sp³-hybridized carbons (Fsp3) is 0.256. The predicted octanol–water partition coefficient (Wildman–Crippen LogP) is 6.36.